The Morgan fingerprint density at radius 3 is 2.19 bits per heavy atom. The van der Waals surface area contributed by atoms with E-state index in [0.717, 1.165) is 53.1 Å². The van der Waals surface area contributed by atoms with Crippen LogP contribution in [0.25, 0.3) is 27.9 Å². The Balaban J connectivity index is 1.24. The van der Waals surface area contributed by atoms with E-state index in [4.69, 9.17) is 9.72 Å². The maximum Gasteiger partial charge on any atom is 0.255 e. The van der Waals surface area contributed by atoms with Crippen LogP contribution in [0.15, 0.2) is 122 Å². The largest absolute Gasteiger partial charge is 0.379 e. The van der Waals surface area contributed by atoms with Crippen LogP contribution in [0.5, 0.6) is 0 Å². The van der Waals surface area contributed by atoms with Crippen molar-refractivity contribution in [3.05, 3.63) is 144 Å². The first kappa shape index (κ1) is 36.2. The molecule has 0 aliphatic carbocycles. The minimum atomic E-state index is -1.24. The second-order valence-electron chi connectivity index (χ2n) is 15.4. The van der Waals surface area contributed by atoms with Gasteiger partial charge in [0.05, 0.1) is 12.3 Å². The Morgan fingerprint density at radius 2 is 1.55 bits per heavy atom. The van der Waals surface area contributed by atoms with Crippen LogP contribution in [0, 0.1) is 0 Å². The molecule has 53 heavy (non-hydrogen) atoms. The molecule has 8 heteroatoms. The molecule has 6 aromatic rings. The molecular weight excluding hydrogens is 671 g/mol. The molecule has 0 saturated heterocycles. The van der Waals surface area contributed by atoms with Crippen molar-refractivity contribution in [2.24, 2.45) is 0 Å². The Kier molecular flexibility index (Phi) is 10.6. The van der Waals surface area contributed by atoms with Gasteiger partial charge >= 0.3 is 0 Å². The summed E-state index contributed by atoms with van der Waals surface area (Å²) in [5, 5.41) is 10.1. The van der Waals surface area contributed by atoms with Crippen molar-refractivity contribution in [1.82, 2.24) is 20.3 Å². The summed E-state index contributed by atoms with van der Waals surface area (Å²) < 4.78 is 6.77. The molecule has 4 aromatic carbocycles. The molecule has 2 aromatic heterocycles. The number of amides is 1. The van der Waals surface area contributed by atoms with Gasteiger partial charge in [-0.25, -0.2) is 18.8 Å². The van der Waals surface area contributed by atoms with Crippen molar-refractivity contribution in [2.45, 2.75) is 58.1 Å². The van der Waals surface area contributed by atoms with E-state index in [1.54, 1.807) is 6.33 Å². The van der Waals surface area contributed by atoms with E-state index < -0.39 is 8.80 Å². The summed E-state index contributed by atoms with van der Waals surface area (Å²) in [5.41, 5.74) is 8.16. The zero-order valence-corrected chi connectivity index (χ0v) is 32.3. The fourth-order valence-electron chi connectivity index (χ4n) is 7.23. The molecule has 0 fully saturated rings. The molecule has 3 heterocycles. The predicted molar refractivity (Wildman–Crippen MR) is 219 cm³/mol. The van der Waals surface area contributed by atoms with E-state index in [1.165, 1.54) is 21.5 Å². The third-order valence-corrected chi connectivity index (χ3v) is 13.4. The van der Waals surface area contributed by atoms with Crippen molar-refractivity contribution in [1.29, 1.82) is 0 Å². The molecule has 0 atom stereocenters. The zero-order chi connectivity index (χ0) is 37.0. The number of hydrogen-bond donors (Lipinski definition) is 3. The van der Waals surface area contributed by atoms with Crippen molar-refractivity contribution in [3.8, 4) is 11.3 Å². The standard InChI is InChI=1S/C45H48N5O2Si/c1-44(2,3)33-21-19-32(20-22-33)43(51)50-39-18-12-17-36(41-37-27-40(31-23-25-46-26-24-31)49-42(37)48-30-47-41)38(39)28-52-29-45(4,5)53(34-13-8-6-9-14-34)35-15-10-7-11-16-35/h6-23,27,30,46H,24-26,28-29H2,1-5H3,(H,50,51)(H,47,48,49)/q-1. The number of rotatable bonds is 11. The van der Waals surface area contributed by atoms with Crippen molar-refractivity contribution in [3.63, 3.8) is 0 Å². The molecule has 1 aliphatic rings. The van der Waals surface area contributed by atoms with Gasteiger partial charge in [0.2, 0.25) is 0 Å². The number of nitrogens with one attached hydrogen (secondary N) is 3. The second-order valence-corrected chi connectivity index (χ2v) is 18.7. The number of fused-ring (bicyclic) bond motifs is 1. The number of aromatic amines is 1. The average molecular weight is 719 g/mol. The molecule has 1 amide bonds. The van der Waals surface area contributed by atoms with Gasteiger partial charge in [0.25, 0.3) is 5.91 Å². The Morgan fingerprint density at radius 1 is 0.849 bits per heavy atom. The van der Waals surface area contributed by atoms with Crippen LogP contribution in [0.3, 0.4) is 0 Å². The lowest BCUT2D eigenvalue weighted by molar-refractivity contribution is 0.100. The first-order valence-electron chi connectivity index (χ1n) is 18.4. The van der Waals surface area contributed by atoms with Crippen LogP contribution in [0.2, 0.25) is 5.04 Å². The number of H-pyrrole nitrogens is 1. The van der Waals surface area contributed by atoms with Gasteiger partial charge < -0.3 is 20.4 Å². The number of anilines is 1. The van der Waals surface area contributed by atoms with Gasteiger partial charge in [0.1, 0.15) is 12.0 Å². The van der Waals surface area contributed by atoms with E-state index >= 15 is 0 Å². The summed E-state index contributed by atoms with van der Waals surface area (Å²) in [6.07, 6.45) is 4.78. The molecular formula is C45H48N5O2Si-. The summed E-state index contributed by atoms with van der Waals surface area (Å²) >= 11 is 0. The molecule has 3 N–H and O–H groups in total. The number of ether oxygens (including phenoxy) is 1. The minimum absolute atomic E-state index is 0.00483. The Labute approximate surface area is 314 Å². The van der Waals surface area contributed by atoms with E-state index in [9.17, 15) is 4.79 Å². The lowest BCUT2D eigenvalue weighted by Crippen LogP contribution is -2.51. The number of hydrogen-bond acceptors (Lipinski definition) is 5. The van der Waals surface area contributed by atoms with Crippen molar-refractivity contribution in [2.75, 3.05) is 25.0 Å². The summed E-state index contributed by atoms with van der Waals surface area (Å²) in [6.45, 7) is 13.7. The Bertz CT molecular complexity index is 2180. The Hall–Kier alpha value is -5.15. The van der Waals surface area contributed by atoms with E-state index in [-0.39, 0.29) is 23.0 Å². The third kappa shape index (κ3) is 8.10. The molecule has 0 spiro atoms. The summed E-state index contributed by atoms with van der Waals surface area (Å²) in [5.74, 6) is -0.169. The fraction of sp³-hybridized carbons (Fsp3) is 0.267. The molecule has 7 nitrogen and oxygen atoms in total. The van der Waals surface area contributed by atoms with Gasteiger partial charge in [-0.1, -0.05) is 126 Å². The highest BCUT2D eigenvalue weighted by atomic mass is 28.3. The van der Waals surface area contributed by atoms with Gasteiger partial charge in [0.15, 0.2) is 0 Å². The molecule has 7 rings (SSSR count). The molecule has 0 unspecified atom stereocenters. The third-order valence-electron chi connectivity index (χ3n) is 10.0. The lowest BCUT2D eigenvalue weighted by atomic mass is 9.86. The number of carbonyl (C=O) groups excluding carboxylic acids is 1. The number of benzene rings is 4. The zero-order valence-electron chi connectivity index (χ0n) is 31.3. The normalized spacial score (nSPS) is 13.5. The molecule has 0 radical (unpaired) electrons. The summed E-state index contributed by atoms with van der Waals surface area (Å²) in [7, 11) is -1.24. The van der Waals surface area contributed by atoms with Gasteiger partial charge in [-0.2, -0.15) is 10.4 Å². The summed E-state index contributed by atoms with van der Waals surface area (Å²) in [6, 6.07) is 37.6. The van der Waals surface area contributed by atoms with Crippen LogP contribution in [0.1, 0.15) is 68.2 Å². The molecule has 0 bridgehead atoms. The fourth-order valence-corrected chi connectivity index (χ4v) is 10.4. The molecule has 0 saturated carbocycles. The van der Waals surface area contributed by atoms with Crippen LogP contribution < -0.4 is 21.0 Å². The predicted octanol–water partition coefficient (Wildman–Crippen LogP) is 8.16. The smallest absolute Gasteiger partial charge is 0.255 e. The van der Waals surface area contributed by atoms with Crippen LogP contribution >= 0.6 is 0 Å². The van der Waals surface area contributed by atoms with Gasteiger partial charge in [-0.05, 0) is 53.8 Å². The maximum atomic E-state index is 13.8. The minimum Gasteiger partial charge on any atom is -0.379 e. The van der Waals surface area contributed by atoms with E-state index in [0.29, 0.717) is 17.9 Å². The monoisotopic (exact) mass is 718 g/mol. The summed E-state index contributed by atoms with van der Waals surface area (Å²) in [4.78, 5) is 26.8. The number of carbonyl (C=O) groups is 1. The highest BCUT2D eigenvalue weighted by Crippen LogP contribution is 2.36. The van der Waals surface area contributed by atoms with Gasteiger partial charge in [-0.3, -0.25) is 4.79 Å². The first-order valence-corrected chi connectivity index (χ1v) is 19.9. The van der Waals surface area contributed by atoms with Crippen molar-refractivity contribution >= 4 is 47.4 Å². The van der Waals surface area contributed by atoms with Crippen LogP contribution in [0.4, 0.5) is 5.69 Å². The van der Waals surface area contributed by atoms with Crippen molar-refractivity contribution < 1.29 is 9.53 Å². The van der Waals surface area contributed by atoms with Crippen LogP contribution in [-0.2, 0) is 16.8 Å². The number of nitrogens with zero attached hydrogens (tertiary/aromatic N) is 2. The molecule has 1 aliphatic heterocycles. The lowest BCUT2D eigenvalue weighted by Gasteiger charge is -2.48. The maximum absolute atomic E-state index is 13.8. The highest BCUT2D eigenvalue weighted by molar-refractivity contribution is 6.87. The SMILES string of the molecule is CC(C)(C)c1ccc(C(=O)Nc2cccc(-c3ncnc4[nH]c(C5=CCNCC5)cc34)c2COCC(C)(C)[Si-](c2ccccc2)c2ccccc2)cc1. The molecule has 270 valence electrons. The van der Waals surface area contributed by atoms with Gasteiger partial charge in [-0.15, -0.1) is 5.04 Å². The quantitative estimate of drug-likeness (QED) is 0.118. The van der Waals surface area contributed by atoms with E-state index in [2.05, 4.69) is 134 Å². The first-order chi connectivity index (χ1) is 25.6. The van der Waals surface area contributed by atoms with Gasteiger partial charge in [0, 0.05) is 46.6 Å². The van der Waals surface area contributed by atoms with E-state index in [1.807, 2.05) is 36.4 Å². The average Bonchev–Trinajstić information content (AvgIpc) is 3.61. The van der Waals surface area contributed by atoms with Crippen LogP contribution in [-0.4, -0.2) is 49.4 Å². The topological polar surface area (TPSA) is 91.9 Å². The second kappa shape index (κ2) is 15.4. The highest BCUT2D eigenvalue weighted by Gasteiger charge is 2.23. The number of aromatic nitrogens is 3.